The zero-order valence-corrected chi connectivity index (χ0v) is 11.7. The Hall–Kier alpha value is -1.97. The molecule has 0 fully saturated rings. The molecule has 0 atom stereocenters. The van der Waals surface area contributed by atoms with Crippen molar-refractivity contribution in [2.24, 2.45) is 0 Å². The number of hydrogen-bond donors (Lipinski definition) is 0. The van der Waals surface area contributed by atoms with Crippen LogP contribution in [0.5, 0.6) is 0 Å². The summed E-state index contributed by atoms with van der Waals surface area (Å²) in [5.41, 5.74) is 3.62. The van der Waals surface area contributed by atoms with Crippen LogP contribution in [0.25, 0.3) is 0 Å². The van der Waals surface area contributed by atoms with Crippen molar-refractivity contribution in [2.45, 2.75) is 27.3 Å². The highest BCUT2D eigenvalue weighted by atomic mass is 19.1. The Morgan fingerprint density at radius 3 is 2.42 bits per heavy atom. The summed E-state index contributed by atoms with van der Waals surface area (Å²) >= 11 is 0. The van der Waals surface area contributed by atoms with Crippen LogP contribution < -0.4 is 4.90 Å². The molecule has 0 aliphatic carbocycles. The molecule has 100 valence electrons. The van der Waals surface area contributed by atoms with Gasteiger partial charge in [-0.25, -0.2) is 4.39 Å². The molecule has 0 N–H and O–H groups in total. The number of halogens is 1. The van der Waals surface area contributed by atoms with Gasteiger partial charge in [0.15, 0.2) is 5.82 Å². The molecule has 0 unspecified atom stereocenters. The van der Waals surface area contributed by atoms with E-state index in [0.717, 1.165) is 22.6 Å². The van der Waals surface area contributed by atoms with Gasteiger partial charge in [-0.3, -0.25) is 0 Å². The first-order valence-electron chi connectivity index (χ1n) is 6.24. The van der Waals surface area contributed by atoms with E-state index in [1.807, 2.05) is 37.9 Å². The molecule has 0 bridgehead atoms. The maximum Gasteiger partial charge on any atom is 0.151 e. The maximum absolute atomic E-state index is 13.5. The van der Waals surface area contributed by atoms with Crippen LogP contribution in [0.15, 0.2) is 24.3 Å². The molecule has 0 saturated carbocycles. The van der Waals surface area contributed by atoms with Crippen LogP contribution in [0.2, 0.25) is 0 Å². The molecule has 1 aromatic carbocycles. The molecular formula is C15H18FN3. The van der Waals surface area contributed by atoms with Crippen molar-refractivity contribution in [3.63, 3.8) is 0 Å². The third-order valence-corrected chi connectivity index (χ3v) is 3.27. The van der Waals surface area contributed by atoms with Crippen molar-refractivity contribution in [1.29, 1.82) is 0 Å². The average Bonchev–Trinajstić information content (AvgIpc) is 2.37. The molecule has 3 nitrogen and oxygen atoms in total. The fourth-order valence-electron chi connectivity index (χ4n) is 1.81. The first kappa shape index (κ1) is 13.5. The van der Waals surface area contributed by atoms with E-state index in [0.29, 0.717) is 12.1 Å². The molecule has 4 heteroatoms. The highest BCUT2D eigenvalue weighted by Gasteiger charge is 2.07. The fourth-order valence-corrected chi connectivity index (χ4v) is 1.81. The van der Waals surface area contributed by atoms with E-state index in [-0.39, 0.29) is 5.82 Å². The molecule has 0 amide bonds. The van der Waals surface area contributed by atoms with E-state index in [4.69, 9.17) is 0 Å². The van der Waals surface area contributed by atoms with E-state index in [1.54, 1.807) is 19.1 Å². The molecule has 0 saturated heterocycles. The minimum atomic E-state index is -0.169. The van der Waals surface area contributed by atoms with Gasteiger partial charge in [-0.15, -0.1) is 5.10 Å². The van der Waals surface area contributed by atoms with Crippen molar-refractivity contribution in [1.82, 2.24) is 10.2 Å². The quantitative estimate of drug-likeness (QED) is 0.847. The molecule has 0 aliphatic heterocycles. The van der Waals surface area contributed by atoms with E-state index in [1.165, 1.54) is 0 Å². The van der Waals surface area contributed by atoms with Crippen LogP contribution in [0.4, 0.5) is 10.2 Å². The second-order valence-corrected chi connectivity index (χ2v) is 4.91. The van der Waals surface area contributed by atoms with E-state index in [9.17, 15) is 4.39 Å². The molecule has 1 heterocycles. The number of benzene rings is 1. The summed E-state index contributed by atoms with van der Waals surface area (Å²) in [6.45, 7) is 6.31. The molecule has 1 aromatic heterocycles. The normalized spacial score (nSPS) is 10.6. The largest absolute Gasteiger partial charge is 0.354 e. The Morgan fingerprint density at radius 1 is 1.05 bits per heavy atom. The summed E-state index contributed by atoms with van der Waals surface area (Å²) in [4.78, 5) is 1.96. The Labute approximate surface area is 113 Å². The fraction of sp³-hybridized carbons (Fsp3) is 0.333. The van der Waals surface area contributed by atoms with Crippen LogP contribution in [-0.2, 0) is 6.54 Å². The van der Waals surface area contributed by atoms with Crippen molar-refractivity contribution < 1.29 is 4.39 Å². The number of hydrogen-bond acceptors (Lipinski definition) is 3. The lowest BCUT2D eigenvalue weighted by molar-refractivity contribution is 0.615. The predicted molar refractivity (Wildman–Crippen MR) is 74.8 cm³/mol. The molecule has 19 heavy (non-hydrogen) atoms. The van der Waals surface area contributed by atoms with E-state index in [2.05, 4.69) is 10.2 Å². The highest BCUT2D eigenvalue weighted by Crippen LogP contribution is 2.16. The summed E-state index contributed by atoms with van der Waals surface area (Å²) in [5.74, 6) is 0.626. The molecule has 0 radical (unpaired) electrons. The monoisotopic (exact) mass is 259 g/mol. The van der Waals surface area contributed by atoms with Gasteiger partial charge < -0.3 is 4.90 Å². The minimum absolute atomic E-state index is 0.169. The van der Waals surface area contributed by atoms with Crippen molar-refractivity contribution in [3.05, 3.63) is 52.5 Å². The number of aryl methyl sites for hydroxylation is 3. The first-order chi connectivity index (χ1) is 8.97. The second-order valence-electron chi connectivity index (χ2n) is 4.91. The van der Waals surface area contributed by atoms with Crippen molar-refractivity contribution in [3.8, 4) is 0 Å². The Morgan fingerprint density at radius 2 is 1.79 bits per heavy atom. The summed E-state index contributed by atoms with van der Waals surface area (Å²) in [6, 6.07) is 7.29. The van der Waals surface area contributed by atoms with Crippen LogP contribution in [-0.4, -0.2) is 17.2 Å². The number of nitrogens with zero attached hydrogens (tertiary/aromatic N) is 3. The van der Waals surface area contributed by atoms with Gasteiger partial charge in [-0.05, 0) is 49.6 Å². The highest BCUT2D eigenvalue weighted by molar-refractivity contribution is 5.41. The third-order valence-electron chi connectivity index (χ3n) is 3.27. The number of rotatable bonds is 3. The Kier molecular flexibility index (Phi) is 3.79. The van der Waals surface area contributed by atoms with Gasteiger partial charge in [0, 0.05) is 13.6 Å². The smallest absolute Gasteiger partial charge is 0.151 e. The lowest BCUT2D eigenvalue weighted by Crippen LogP contribution is -2.18. The van der Waals surface area contributed by atoms with Gasteiger partial charge in [0.25, 0.3) is 0 Å². The minimum Gasteiger partial charge on any atom is -0.354 e. The van der Waals surface area contributed by atoms with Gasteiger partial charge in [0.05, 0.1) is 5.69 Å². The summed E-state index contributed by atoms with van der Waals surface area (Å²) < 4.78 is 13.5. The lowest BCUT2D eigenvalue weighted by atomic mass is 10.1. The SMILES string of the molecule is Cc1ccc(CN(C)c2cc(C)c(C)nn2)cc1F. The lowest BCUT2D eigenvalue weighted by Gasteiger charge is -2.18. The first-order valence-corrected chi connectivity index (χ1v) is 6.24. The van der Waals surface area contributed by atoms with Gasteiger partial charge >= 0.3 is 0 Å². The summed E-state index contributed by atoms with van der Waals surface area (Å²) in [6.07, 6.45) is 0. The number of aromatic nitrogens is 2. The van der Waals surface area contributed by atoms with E-state index >= 15 is 0 Å². The van der Waals surface area contributed by atoms with Gasteiger partial charge in [0.1, 0.15) is 5.82 Å². The molecule has 0 aliphatic rings. The molecule has 2 aromatic rings. The maximum atomic E-state index is 13.5. The average molecular weight is 259 g/mol. The zero-order valence-electron chi connectivity index (χ0n) is 11.7. The van der Waals surface area contributed by atoms with Crippen LogP contribution in [0, 0.1) is 26.6 Å². The van der Waals surface area contributed by atoms with Gasteiger partial charge in [0.2, 0.25) is 0 Å². The molecular weight excluding hydrogens is 241 g/mol. The standard InChI is InChI=1S/C15H18FN3/c1-10-5-6-13(8-14(10)16)9-19(4)15-7-11(2)12(3)17-18-15/h5-8H,9H2,1-4H3. The summed E-state index contributed by atoms with van der Waals surface area (Å²) in [5, 5.41) is 8.26. The van der Waals surface area contributed by atoms with Crippen LogP contribution in [0.3, 0.4) is 0 Å². The third kappa shape index (κ3) is 3.08. The van der Waals surface area contributed by atoms with Gasteiger partial charge in [-0.1, -0.05) is 12.1 Å². The topological polar surface area (TPSA) is 29.0 Å². The van der Waals surface area contributed by atoms with E-state index < -0.39 is 0 Å². The number of anilines is 1. The van der Waals surface area contributed by atoms with Crippen molar-refractivity contribution in [2.75, 3.05) is 11.9 Å². The molecule has 2 rings (SSSR count). The second kappa shape index (κ2) is 5.34. The zero-order chi connectivity index (χ0) is 14.0. The summed E-state index contributed by atoms with van der Waals surface area (Å²) in [7, 11) is 1.93. The van der Waals surface area contributed by atoms with Crippen molar-refractivity contribution >= 4 is 5.82 Å². The van der Waals surface area contributed by atoms with Gasteiger partial charge in [-0.2, -0.15) is 5.10 Å². The Balaban J connectivity index is 2.17. The molecule has 0 spiro atoms. The predicted octanol–water partition coefficient (Wildman–Crippen LogP) is 3.18. The van der Waals surface area contributed by atoms with Crippen LogP contribution >= 0.6 is 0 Å². The Bertz CT molecular complexity index is 596. The van der Waals surface area contributed by atoms with Crippen LogP contribution in [0.1, 0.15) is 22.4 Å².